The summed E-state index contributed by atoms with van der Waals surface area (Å²) in [5.41, 5.74) is 0.984. The molecule has 0 saturated carbocycles. The van der Waals surface area contributed by atoms with Gasteiger partial charge in [0.15, 0.2) is 0 Å². The summed E-state index contributed by atoms with van der Waals surface area (Å²) < 4.78 is 26.9. The SMILES string of the molecule is CC(NS(=O)(=O)CCN1CCNCC1)c1ccccc1. The molecular formula is C14H23N3O2S. The van der Waals surface area contributed by atoms with Gasteiger partial charge >= 0.3 is 0 Å². The fourth-order valence-electron chi connectivity index (χ4n) is 2.32. The number of nitrogens with one attached hydrogen (secondary N) is 2. The maximum Gasteiger partial charge on any atom is 0.213 e. The second-order valence-corrected chi connectivity index (χ2v) is 7.03. The zero-order chi connectivity index (χ0) is 14.4. The molecule has 20 heavy (non-hydrogen) atoms. The Morgan fingerprint density at radius 2 is 1.90 bits per heavy atom. The first-order valence-corrected chi connectivity index (χ1v) is 8.70. The van der Waals surface area contributed by atoms with Gasteiger partial charge < -0.3 is 5.32 Å². The minimum absolute atomic E-state index is 0.157. The number of benzene rings is 1. The lowest BCUT2D eigenvalue weighted by atomic mass is 10.1. The fraction of sp³-hybridized carbons (Fsp3) is 0.571. The molecule has 1 aliphatic heterocycles. The molecule has 1 aliphatic rings. The number of nitrogens with zero attached hydrogens (tertiary/aromatic N) is 1. The molecule has 6 heteroatoms. The van der Waals surface area contributed by atoms with Gasteiger partial charge in [0.2, 0.25) is 10.0 Å². The lowest BCUT2D eigenvalue weighted by Gasteiger charge is -2.27. The molecule has 0 bridgehead atoms. The van der Waals surface area contributed by atoms with Crippen molar-refractivity contribution in [2.45, 2.75) is 13.0 Å². The van der Waals surface area contributed by atoms with Crippen LogP contribution in [0, 0.1) is 0 Å². The Bertz CT molecular complexity index is 498. The van der Waals surface area contributed by atoms with Gasteiger partial charge in [-0.25, -0.2) is 13.1 Å². The third kappa shape index (κ3) is 4.86. The molecule has 112 valence electrons. The minimum Gasteiger partial charge on any atom is -0.314 e. The third-order valence-corrected chi connectivity index (χ3v) is 4.97. The highest BCUT2D eigenvalue weighted by Gasteiger charge is 2.18. The Balaban J connectivity index is 1.84. The molecule has 0 aromatic heterocycles. The highest BCUT2D eigenvalue weighted by molar-refractivity contribution is 7.89. The Morgan fingerprint density at radius 3 is 2.55 bits per heavy atom. The van der Waals surface area contributed by atoms with Crippen molar-refractivity contribution in [1.29, 1.82) is 0 Å². The molecule has 1 unspecified atom stereocenters. The van der Waals surface area contributed by atoms with Crippen LogP contribution in [0.2, 0.25) is 0 Å². The van der Waals surface area contributed by atoms with E-state index in [0.29, 0.717) is 6.54 Å². The quantitative estimate of drug-likeness (QED) is 0.806. The Labute approximate surface area is 121 Å². The van der Waals surface area contributed by atoms with Crippen LogP contribution in [0.25, 0.3) is 0 Å². The van der Waals surface area contributed by atoms with Crippen LogP contribution < -0.4 is 10.0 Å². The van der Waals surface area contributed by atoms with Crippen molar-refractivity contribution in [3.8, 4) is 0 Å². The molecule has 1 heterocycles. The van der Waals surface area contributed by atoms with E-state index in [0.717, 1.165) is 31.7 Å². The van der Waals surface area contributed by atoms with Crippen LogP contribution >= 0.6 is 0 Å². The molecule has 1 saturated heterocycles. The van der Waals surface area contributed by atoms with Crippen LogP contribution in [0.15, 0.2) is 30.3 Å². The standard InChI is InChI=1S/C14H23N3O2S/c1-13(14-5-3-2-4-6-14)16-20(18,19)12-11-17-9-7-15-8-10-17/h2-6,13,15-16H,7-12H2,1H3. The maximum atomic E-state index is 12.1. The fourth-order valence-corrected chi connectivity index (χ4v) is 3.61. The summed E-state index contributed by atoms with van der Waals surface area (Å²) in [5, 5.41) is 3.26. The predicted octanol–water partition coefficient (Wildman–Crippen LogP) is 0.572. The summed E-state index contributed by atoms with van der Waals surface area (Å²) in [6.07, 6.45) is 0. The van der Waals surface area contributed by atoms with Crippen LogP contribution in [-0.4, -0.2) is 51.8 Å². The molecule has 0 spiro atoms. The van der Waals surface area contributed by atoms with E-state index in [2.05, 4.69) is 14.9 Å². The zero-order valence-electron chi connectivity index (χ0n) is 11.9. The van der Waals surface area contributed by atoms with Gasteiger partial charge in [-0.05, 0) is 12.5 Å². The zero-order valence-corrected chi connectivity index (χ0v) is 12.7. The summed E-state index contributed by atoms with van der Waals surface area (Å²) in [5.74, 6) is 0.157. The van der Waals surface area contributed by atoms with E-state index in [1.807, 2.05) is 37.3 Å². The summed E-state index contributed by atoms with van der Waals surface area (Å²) in [4.78, 5) is 2.18. The summed E-state index contributed by atoms with van der Waals surface area (Å²) >= 11 is 0. The summed E-state index contributed by atoms with van der Waals surface area (Å²) in [6, 6.07) is 9.44. The lowest BCUT2D eigenvalue weighted by Crippen LogP contribution is -2.46. The highest BCUT2D eigenvalue weighted by atomic mass is 32.2. The van der Waals surface area contributed by atoms with Crippen molar-refractivity contribution in [3.63, 3.8) is 0 Å². The van der Waals surface area contributed by atoms with Gasteiger partial charge in [-0.15, -0.1) is 0 Å². The molecule has 0 aliphatic carbocycles. The van der Waals surface area contributed by atoms with Crippen molar-refractivity contribution in [2.24, 2.45) is 0 Å². The van der Waals surface area contributed by atoms with Gasteiger partial charge in [0.05, 0.1) is 5.75 Å². The monoisotopic (exact) mass is 297 g/mol. The third-order valence-electron chi connectivity index (χ3n) is 3.54. The Hall–Kier alpha value is -0.950. The molecule has 2 N–H and O–H groups in total. The van der Waals surface area contributed by atoms with Gasteiger partial charge in [0.25, 0.3) is 0 Å². The molecule has 0 amide bonds. The summed E-state index contributed by atoms with van der Waals surface area (Å²) in [6.45, 7) is 6.19. The Morgan fingerprint density at radius 1 is 1.25 bits per heavy atom. The van der Waals surface area contributed by atoms with E-state index < -0.39 is 10.0 Å². The van der Waals surface area contributed by atoms with Gasteiger partial charge in [-0.3, -0.25) is 4.90 Å². The van der Waals surface area contributed by atoms with Gasteiger partial charge in [0, 0.05) is 38.8 Å². The molecule has 1 aromatic rings. The molecule has 2 rings (SSSR count). The van der Waals surface area contributed by atoms with Gasteiger partial charge in [-0.2, -0.15) is 0 Å². The van der Waals surface area contributed by atoms with Gasteiger partial charge in [0.1, 0.15) is 0 Å². The van der Waals surface area contributed by atoms with E-state index >= 15 is 0 Å². The summed E-state index contributed by atoms with van der Waals surface area (Å²) in [7, 11) is -3.24. The van der Waals surface area contributed by atoms with Crippen molar-refractivity contribution in [2.75, 3.05) is 38.5 Å². The number of sulfonamides is 1. The van der Waals surface area contributed by atoms with Crippen molar-refractivity contribution in [1.82, 2.24) is 14.9 Å². The number of hydrogen-bond donors (Lipinski definition) is 2. The molecule has 1 fully saturated rings. The lowest BCUT2D eigenvalue weighted by molar-refractivity contribution is 0.253. The van der Waals surface area contributed by atoms with E-state index in [1.165, 1.54) is 0 Å². The molecule has 0 radical (unpaired) electrons. The number of hydrogen-bond acceptors (Lipinski definition) is 4. The second-order valence-electron chi connectivity index (χ2n) is 5.16. The van der Waals surface area contributed by atoms with Crippen LogP contribution in [-0.2, 0) is 10.0 Å². The van der Waals surface area contributed by atoms with E-state index in [9.17, 15) is 8.42 Å². The maximum absolute atomic E-state index is 12.1. The Kier molecular flexibility index (Phi) is 5.54. The topological polar surface area (TPSA) is 61.4 Å². The van der Waals surface area contributed by atoms with Crippen LogP contribution in [0.5, 0.6) is 0 Å². The van der Waals surface area contributed by atoms with Crippen molar-refractivity contribution < 1.29 is 8.42 Å². The van der Waals surface area contributed by atoms with Crippen LogP contribution in [0.4, 0.5) is 0 Å². The molecular weight excluding hydrogens is 274 g/mol. The highest BCUT2D eigenvalue weighted by Crippen LogP contribution is 2.12. The first kappa shape index (κ1) is 15.4. The van der Waals surface area contributed by atoms with Crippen LogP contribution in [0.3, 0.4) is 0 Å². The van der Waals surface area contributed by atoms with E-state index in [4.69, 9.17) is 0 Å². The average Bonchev–Trinajstić information content (AvgIpc) is 2.47. The predicted molar refractivity (Wildman–Crippen MR) is 81.1 cm³/mol. The van der Waals surface area contributed by atoms with Crippen molar-refractivity contribution in [3.05, 3.63) is 35.9 Å². The molecule has 5 nitrogen and oxygen atoms in total. The average molecular weight is 297 g/mol. The van der Waals surface area contributed by atoms with E-state index in [-0.39, 0.29) is 11.8 Å². The number of piperazine rings is 1. The first-order valence-electron chi connectivity index (χ1n) is 7.05. The van der Waals surface area contributed by atoms with E-state index in [1.54, 1.807) is 0 Å². The smallest absolute Gasteiger partial charge is 0.213 e. The normalized spacial score (nSPS) is 18.9. The largest absolute Gasteiger partial charge is 0.314 e. The molecule has 1 atom stereocenters. The molecule has 1 aromatic carbocycles. The van der Waals surface area contributed by atoms with Crippen LogP contribution in [0.1, 0.15) is 18.5 Å². The van der Waals surface area contributed by atoms with Crippen molar-refractivity contribution >= 4 is 10.0 Å². The second kappa shape index (κ2) is 7.17. The van der Waals surface area contributed by atoms with Gasteiger partial charge in [-0.1, -0.05) is 30.3 Å². The first-order chi connectivity index (χ1) is 9.57. The number of rotatable bonds is 6. The minimum atomic E-state index is -3.24.